The summed E-state index contributed by atoms with van der Waals surface area (Å²) < 4.78 is 5.34. The van der Waals surface area contributed by atoms with E-state index in [0.29, 0.717) is 22.4 Å². The normalized spacial score (nSPS) is 9.96. The van der Waals surface area contributed by atoms with Gasteiger partial charge in [-0.25, -0.2) is 0 Å². The lowest BCUT2D eigenvalue weighted by atomic mass is 10.1. The van der Waals surface area contributed by atoms with Gasteiger partial charge >= 0.3 is 0 Å². The Balaban J connectivity index is 1.64. The van der Waals surface area contributed by atoms with Crippen LogP contribution in [0.3, 0.4) is 0 Å². The number of amides is 1. The molecular formula is C17H17ClN2O2S. The largest absolute Gasteiger partial charge is 0.484 e. The number of benzene rings is 2. The Hall–Kier alpha value is -2.11. The Morgan fingerprint density at radius 1 is 1.09 bits per heavy atom. The molecule has 1 amide bonds. The number of rotatable bonds is 6. The standard InChI is InChI=1S/C17H17ClN2O2S/c18-14-8-6-13(7-9-14)10-11-19-17(23)20-16(21)12-22-15-4-2-1-3-5-15/h1-9H,10-12H2,(H2,19,20,21,23). The maximum atomic E-state index is 11.7. The Morgan fingerprint density at radius 3 is 2.48 bits per heavy atom. The van der Waals surface area contributed by atoms with Crippen LogP contribution in [0.5, 0.6) is 5.75 Å². The van der Waals surface area contributed by atoms with Crippen LogP contribution in [-0.4, -0.2) is 24.2 Å². The number of carbonyl (C=O) groups is 1. The minimum Gasteiger partial charge on any atom is -0.484 e. The van der Waals surface area contributed by atoms with E-state index in [-0.39, 0.29) is 12.5 Å². The molecule has 6 heteroatoms. The van der Waals surface area contributed by atoms with Crippen LogP contribution in [0.25, 0.3) is 0 Å². The van der Waals surface area contributed by atoms with Crippen LogP contribution in [0.4, 0.5) is 0 Å². The van der Waals surface area contributed by atoms with Gasteiger partial charge in [0, 0.05) is 11.6 Å². The van der Waals surface area contributed by atoms with Gasteiger partial charge in [-0.1, -0.05) is 41.9 Å². The predicted octanol–water partition coefficient (Wildman–Crippen LogP) is 2.95. The summed E-state index contributed by atoms with van der Waals surface area (Å²) in [7, 11) is 0. The Bertz CT molecular complexity index is 647. The van der Waals surface area contributed by atoms with Crippen molar-refractivity contribution in [2.24, 2.45) is 0 Å². The van der Waals surface area contributed by atoms with Gasteiger partial charge in [0.1, 0.15) is 5.75 Å². The summed E-state index contributed by atoms with van der Waals surface area (Å²) >= 11 is 10.9. The molecule has 0 fully saturated rings. The molecule has 4 nitrogen and oxygen atoms in total. The van der Waals surface area contributed by atoms with Crippen LogP contribution >= 0.6 is 23.8 Å². The third-order valence-electron chi connectivity index (χ3n) is 2.98. The van der Waals surface area contributed by atoms with E-state index >= 15 is 0 Å². The number of halogens is 1. The summed E-state index contributed by atoms with van der Waals surface area (Å²) in [4.78, 5) is 11.7. The van der Waals surface area contributed by atoms with Gasteiger partial charge in [0.05, 0.1) is 0 Å². The van der Waals surface area contributed by atoms with Crippen molar-refractivity contribution < 1.29 is 9.53 Å². The van der Waals surface area contributed by atoms with Crippen molar-refractivity contribution in [1.82, 2.24) is 10.6 Å². The van der Waals surface area contributed by atoms with E-state index in [1.165, 1.54) is 0 Å². The Kier molecular flexibility index (Phi) is 6.84. The van der Waals surface area contributed by atoms with Crippen molar-refractivity contribution in [3.8, 4) is 5.75 Å². The highest BCUT2D eigenvalue weighted by atomic mass is 35.5. The fourth-order valence-corrected chi connectivity index (χ4v) is 2.19. The molecule has 0 unspecified atom stereocenters. The highest BCUT2D eigenvalue weighted by Crippen LogP contribution is 2.09. The van der Waals surface area contributed by atoms with E-state index in [0.717, 1.165) is 12.0 Å². The first-order valence-electron chi connectivity index (χ1n) is 7.13. The average Bonchev–Trinajstić information content (AvgIpc) is 2.56. The lowest BCUT2D eigenvalue weighted by molar-refractivity contribution is -0.121. The van der Waals surface area contributed by atoms with Gasteiger partial charge < -0.3 is 15.4 Å². The van der Waals surface area contributed by atoms with Crippen LogP contribution in [0.2, 0.25) is 5.02 Å². The SMILES string of the molecule is O=C(COc1ccccc1)NC(=S)NCCc1ccc(Cl)cc1. The zero-order valence-corrected chi connectivity index (χ0v) is 14.0. The van der Waals surface area contributed by atoms with Crippen LogP contribution in [0, 0.1) is 0 Å². The topological polar surface area (TPSA) is 50.4 Å². The molecule has 0 saturated carbocycles. The van der Waals surface area contributed by atoms with E-state index in [1.807, 2.05) is 42.5 Å². The van der Waals surface area contributed by atoms with E-state index in [9.17, 15) is 4.79 Å². The van der Waals surface area contributed by atoms with Crippen LogP contribution in [0.1, 0.15) is 5.56 Å². The van der Waals surface area contributed by atoms with Crippen molar-refractivity contribution in [3.63, 3.8) is 0 Å². The minimum absolute atomic E-state index is 0.0803. The molecule has 2 N–H and O–H groups in total. The molecule has 23 heavy (non-hydrogen) atoms. The lowest BCUT2D eigenvalue weighted by Crippen LogP contribution is -2.42. The highest BCUT2D eigenvalue weighted by Gasteiger charge is 2.05. The summed E-state index contributed by atoms with van der Waals surface area (Å²) in [5, 5.41) is 6.57. The van der Waals surface area contributed by atoms with Crippen molar-refractivity contribution in [2.75, 3.05) is 13.2 Å². The van der Waals surface area contributed by atoms with E-state index in [2.05, 4.69) is 10.6 Å². The zero-order valence-electron chi connectivity index (χ0n) is 12.4. The van der Waals surface area contributed by atoms with Crippen molar-refractivity contribution >= 4 is 34.8 Å². The van der Waals surface area contributed by atoms with Gasteiger partial charge in [-0.2, -0.15) is 0 Å². The molecule has 2 aromatic carbocycles. The first-order chi connectivity index (χ1) is 11.1. The molecule has 0 atom stereocenters. The minimum atomic E-state index is -0.294. The molecule has 0 radical (unpaired) electrons. The predicted molar refractivity (Wildman–Crippen MR) is 95.8 cm³/mol. The smallest absolute Gasteiger partial charge is 0.264 e. The second-order valence-corrected chi connectivity index (χ2v) is 5.63. The number of hydrogen-bond donors (Lipinski definition) is 2. The summed E-state index contributed by atoms with van der Waals surface area (Å²) in [6.45, 7) is 0.545. The van der Waals surface area contributed by atoms with Gasteiger partial charge in [-0.3, -0.25) is 4.79 Å². The van der Waals surface area contributed by atoms with Crippen molar-refractivity contribution in [3.05, 3.63) is 65.2 Å². The number of hydrogen-bond acceptors (Lipinski definition) is 3. The third-order valence-corrected chi connectivity index (χ3v) is 3.48. The maximum absolute atomic E-state index is 11.7. The zero-order chi connectivity index (χ0) is 16.5. The molecule has 120 valence electrons. The number of para-hydroxylation sites is 1. The van der Waals surface area contributed by atoms with Crippen molar-refractivity contribution in [1.29, 1.82) is 0 Å². The number of nitrogens with one attached hydrogen (secondary N) is 2. The number of thiocarbonyl (C=S) groups is 1. The highest BCUT2D eigenvalue weighted by molar-refractivity contribution is 7.80. The van der Waals surface area contributed by atoms with Crippen LogP contribution in [-0.2, 0) is 11.2 Å². The van der Waals surface area contributed by atoms with Gasteiger partial charge in [0.25, 0.3) is 5.91 Å². The second-order valence-electron chi connectivity index (χ2n) is 4.78. The summed E-state index contributed by atoms with van der Waals surface area (Å²) in [6, 6.07) is 16.7. The van der Waals surface area contributed by atoms with E-state index in [1.54, 1.807) is 12.1 Å². The Morgan fingerprint density at radius 2 is 1.78 bits per heavy atom. The average molecular weight is 349 g/mol. The van der Waals surface area contributed by atoms with Gasteiger partial charge in [0.15, 0.2) is 11.7 Å². The van der Waals surface area contributed by atoms with E-state index in [4.69, 9.17) is 28.6 Å². The van der Waals surface area contributed by atoms with Gasteiger partial charge in [0.2, 0.25) is 0 Å². The number of ether oxygens (including phenoxy) is 1. The fraction of sp³-hybridized carbons (Fsp3) is 0.176. The second kappa shape index (κ2) is 9.12. The summed E-state index contributed by atoms with van der Waals surface area (Å²) in [5.41, 5.74) is 1.14. The Labute approximate surface area is 145 Å². The molecule has 0 aromatic heterocycles. The molecule has 0 bridgehead atoms. The molecule has 0 aliphatic heterocycles. The molecule has 0 aliphatic carbocycles. The first kappa shape index (κ1) is 17.2. The van der Waals surface area contributed by atoms with Crippen LogP contribution < -0.4 is 15.4 Å². The summed E-state index contributed by atoms with van der Waals surface area (Å²) in [5.74, 6) is 0.349. The van der Waals surface area contributed by atoms with Gasteiger partial charge in [-0.05, 0) is 48.5 Å². The summed E-state index contributed by atoms with van der Waals surface area (Å²) in [6.07, 6.45) is 0.785. The van der Waals surface area contributed by atoms with Crippen molar-refractivity contribution in [2.45, 2.75) is 6.42 Å². The molecule has 0 aliphatic rings. The monoisotopic (exact) mass is 348 g/mol. The van der Waals surface area contributed by atoms with E-state index < -0.39 is 0 Å². The fourth-order valence-electron chi connectivity index (χ4n) is 1.84. The lowest BCUT2D eigenvalue weighted by Gasteiger charge is -2.10. The number of carbonyl (C=O) groups excluding carboxylic acids is 1. The molecule has 2 rings (SSSR count). The third kappa shape index (κ3) is 6.67. The van der Waals surface area contributed by atoms with Crippen LogP contribution in [0.15, 0.2) is 54.6 Å². The van der Waals surface area contributed by atoms with Gasteiger partial charge in [-0.15, -0.1) is 0 Å². The molecule has 0 saturated heterocycles. The maximum Gasteiger partial charge on any atom is 0.264 e. The quantitative estimate of drug-likeness (QED) is 0.788. The first-order valence-corrected chi connectivity index (χ1v) is 7.92. The molecule has 2 aromatic rings. The molecular weight excluding hydrogens is 332 g/mol. The molecule has 0 spiro atoms. The molecule has 0 heterocycles.